The Balaban J connectivity index is 1.48. The molecule has 0 saturated carbocycles. The van der Waals surface area contributed by atoms with Crippen LogP contribution in [0.5, 0.6) is 0 Å². The zero-order valence-corrected chi connectivity index (χ0v) is 19.0. The number of benzene rings is 2. The molecule has 1 heterocycles. The van der Waals surface area contributed by atoms with Crippen LogP contribution in [0.1, 0.15) is 27.9 Å². The zero-order valence-electron chi connectivity index (χ0n) is 18.2. The SMILES string of the molecule is Cc1ccc(S(=O)(=O)N(C)Cc2ccc(C(=O)NCCCN3CCOCC3)cc2)cc1. The van der Waals surface area contributed by atoms with Gasteiger partial charge in [0.25, 0.3) is 5.91 Å². The Morgan fingerprint density at radius 1 is 1.06 bits per heavy atom. The number of ether oxygens (including phenoxy) is 1. The number of carbonyl (C=O) groups excluding carboxylic acids is 1. The molecular weight excluding hydrogens is 414 g/mol. The van der Waals surface area contributed by atoms with E-state index in [9.17, 15) is 13.2 Å². The smallest absolute Gasteiger partial charge is 0.251 e. The average molecular weight is 446 g/mol. The lowest BCUT2D eigenvalue weighted by molar-refractivity contribution is 0.0374. The number of nitrogens with one attached hydrogen (secondary N) is 1. The van der Waals surface area contributed by atoms with Gasteiger partial charge in [-0.05, 0) is 49.7 Å². The highest BCUT2D eigenvalue weighted by atomic mass is 32.2. The van der Waals surface area contributed by atoms with Gasteiger partial charge in [0.1, 0.15) is 0 Å². The standard InChI is InChI=1S/C23H31N3O4S/c1-19-4-10-22(11-5-19)31(28,29)25(2)18-20-6-8-21(9-7-20)23(27)24-12-3-13-26-14-16-30-17-15-26/h4-11H,3,12-18H2,1-2H3,(H,24,27). The third-order valence-corrected chi connectivity index (χ3v) is 7.21. The van der Waals surface area contributed by atoms with Gasteiger partial charge in [0.2, 0.25) is 10.0 Å². The van der Waals surface area contributed by atoms with Crippen molar-refractivity contribution < 1.29 is 17.9 Å². The number of hydrogen-bond acceptors (Lipinski definition) is 5. The number of aryl methyl sites for hydroxylation is 1. The van der Waals surface area contributed by atoms with Gasteiger partial charge in [-0.2, -0.15) is 4.31 Å². The van der Waals surface area contributed by atoms with E-state index in [0.29, 0.717) is 12.1 Å². The summed E-state index contributed by atoms with van der Waals surface area (Å²) in [7, 11) is -2.00. The Kier molecular flexibility index (Phi) is 8.20. The van der Waals surface area contributed by atoms with Crippen LogP contribution >= 0.6 is 0 Å². The molecule has 1 amide bonds. The van der Waals surface area contributed by atoms with Crippen molar-refractivity contribution in [3.63, 3.8) is 0 Å². The summed E-state index contributed by atoms with van der Waals surface area (Å²) in [5.41, 5.74) is 2.40. The number of hydrogen-bond donors (Lipinski definition) is 1. The van der Waals surface area contributed by atoms with Crippen LogP contribution in [0.15, 0.2) is 53.4 Å². The second-order valence-corrected chi connectivity index (χ2v) is 9.88. The van der Waals surface area contributed by atoms with Crippen LogP contribution in [-0.4, -0.2) is 70.0 Å². The zero-order chi connectivity index (χ0) is 22.3. The van der Waals surface area contributed by atoms with Gasteiger partial charge in [-0.1, -0.05) is 29.8 Å². The quantitative estimate of drug-likeness (QED) is 0.599. The first-order valence-electron chi connectivity index (χ1n) is 10.6. The molecule has 8 heteroatoms. The molecule has 168 valence electrons. The summed E-state index contributed by atoms with van der Waals surface area (Å²) in [4.78, 5) is 15.0. The number of rotatable bonds is 9. The van der Waals surface area contributed by atoms with Gasteiger partial charge in [-0.3, -0.25) is 9.69 Å². The highest BCUT2D eigenvalue weighted by Crippen LogP contribution is 2.17. The second kappa shape index (κ2) is 10.9. The predicted molar refractivity (Wildman–Crippen MR) is 120 cm³/mol. The van der Waals surface area contributed by atoms with Crippen LogP contribution in [0, 0.1) is 6.92 Å². The maximum absolute atomic E-state index is 12.7. The summed E-state index contributed by atoms with van der Waals surface area (Å²) in [5, 5.41) is 2.95. The van der Waals surface area contributed by atoms with Crippen LogP contribution in [0.25, 0.3) is 0 Å². The molecule has 3 rings (SSSR count). The molecule has 0 aromatic heterocycles. The Morgan fingerprint density at radius 2 is 1.71 bits per heavy atom. The van der Waals surface area contributed by atoms with Crippen molar-refractivity contribution in [2.24, 2.45) is 0 Å². The van der Waals surface area contributed by atoms with Gasteiger partial charge in [0.05, 0.1) is 18.1 Å². The lowest BCUT2D eigenvalue weighted by atomic mass is 10.1. The van der Waals surface area contributed by atoms with E-state index in [1.54, 1.807) is 55.6 Å². The fourth-order valence-corrected chi connectivity index (χ4v) is 4.58. The molecular formula is C23H31N3O4S. The van der Waals surface area contributed by atoms with Crippen LogP contribution in [0.3, 0.4) is 0 Å². The summed E-state index contributed by atoms with van der Waals surface area (Å²) >= 11 is 0. The monoisotopic (exact) mass is 445 g/mol. The minimum Gasteiger partial charge on any atom is -0.379 e. The largest absolute Gasteiger partial charge is 0.379 e. The molecule has 0 radical (unpaired) electrons. The molecule has 0 aliphatic carbocycles. The van der Waals surface area contributed by atoms with Gasteiger partial charge in [0.15, 0.2) is 0 Å². The maximum Gasteiger partial charge on any atom is 0.251 e. The second-order valence-electron chi connectivity index (χ2n) is 7.83. The molecule has 2 aromatic carbocycles. The van der Waals surface area contributed by atoms with Crippen LogP contribution in [0.2, 0.25) is 0 Å². The van der Waals surface area contributed by atoms with Crippen LogP contribution < -0.4 is 5.32 Å². The van der Waals surface area contributed by atoms with Crippen LogP contribution in [0.4, 0.5) is 0 Å². The van der Waals surface area contributed by atoms with Gasteiger partial charge < -0.3 is 10.1 Å². The molecule has 1 N–H and O–H groups in total. The summed E-state index contributed by atoms with van der Waals surface area (Å²) in [6.07, 6.45) is 0.894. The Labute approximate surface area is 185 Å². The third kappa shape index (κ3) is 6.61. The van der Waals surface area contributed by atoms with E-state index in [0.717, 1.165) is 50.4 Å². The fraction of sp³-hybridized carbons (Fsp3) is 0.435. The summed E-state index contributed by atoms with van der Waals surface area (Å²) < 4.78 is 32.1. The van der Waals surface area contributed by atoms with E-state index >= 15 is 0 Å². The van der Waals surface area contributed by atoms with Crippen molar-refractivity contribution in [3.8, 4) is 0 Å². The Morgan fingerprint density at radius 3 is 2.35 bits per heavy atom. The minimum absolute atomic E-state index is 0.117. The summed E-state index contributed by atoms with van der Waals surface area (Å²) in [5.74, 6) is -0.117. The molecule has 1 aliphatic heterocycles. The van der Waals surface area contributed by atoms with E-state index in [1.165, 1.54) is 4.31 Å². The molecule has 0 unspecified atom stereocenters. The van der Waals surface area contributed by atoms with Gasteiger partial charge in [-0.15, -0.1) is 0 Å². The van der Waals surface area contributed by atoms with Crippen molar-refractivity contribution in [2.75, 3.05) is 46.4 Å². The highest BCUT2D eigenvalue weighted by molar-refractivity contribution is 7.89. The van der Waals surface area contributed by atoms with E-state index < -0.39 is 10.0 Å². The maximum atomic E-state index is 12.7. The average Bonchev–Trinajstić information content (AvgIpc) is 2.78. The van der Waals surface area contributed by atoms with E-state index in [-0.39, 0.29) is 17.3 Å². The van der Waals surface area contributed by atoms with Crippen molar-refractivity contribution in [2.45, 2.75) is 24.8 Å². The molecule has 1 saturated heterocycles. The molecule has 0 atom stereocenters. The first kappa shape index (κ1) is 23.4. The van der Waals surface area contributed by atoms with Crippen molar-refractivity contribution in [1.29, 1.82) is 0 Å². The lowest BCUT2D eigenvalue weighted by Gasteiger charge is -2.26. The summed E-state index contributed by atoms with van der Waals surface area (Å²) in [6, 6.07) is 13.9. The van der Waals surface area contributed by atoms with E-state index in [4.69, 9.17) is 4.74 Å². The number of sulfonamides is 1. The lowest BCUT2D eigenvalue weighted by Crippen LogP contribution is -2.38. The Hall–Kier alpha value is -2.26. The number of amides is 1. The Bertz CT molecular complexity index is 953. The van der Waals surface area contributed by atoms with Gasteiger partial charge >= 0.3 is 0 Å². The predicted octanol–water partition coefficient (Wildman–Crippen LogP) is 2.27. The number of nitrogens with zero attached hydrogens (tertiary/aromatic N) is 2. The molecule has 0 spiro atoms. The minimum atomic E-state index is -3.56. The molecule has 1 aliphatic rings. The molecule has 7 nitrogen and oxygen atoms in total. The molecule has 2 aromatic rings. The topological polar surface area (TPSA) is 79.0 Å². The van der Waals surface area contributed by atoms with Gasteiger partial charge in [0, 0.05) is 38.8 Å². The first-order chi connectivity index (χ1) is 14.9. The van der Waals surface area contributed by atoms with Crippen molar-refractivity contribution >= 4 is 15.9 Å². The normalized spacial score (nSPS) is 15.2. The van der Waals surface area contributed by atoms with E-state index in [1.807, 2.05) is 6.92 Å². The van der Waals surface area contributed by atoms with Crippen molar-refractivity contribution in [1.82, 2.24) is 14.5 Å². The highest BCUT2D eigenvalue weighted by Gasteiger charge is 2.20. The number of carbonyl (C=O) groups is 1. The molecule has 1 fully saturated rings. The number of morpholine rings is 1. The third-order valence-electron chi connectivity index (χ3n) is 5.39. The first-order valence-corrected chi connectivity index (χ1v) is 12.0. The molecule has 0 bridgehead atoms. The molecule has 31 heavy (non-hydrogen) atoms. The van der Waals surface area contributed by atoms with Crippen LogP contribution in [-0.2, 0) is 21.3 Å². The van der Waals surface area contributed by atoms with Crippen molar-refractivity contribution in [3.05, 3.63) is 65.2 Å². The van der Waals surface area contributed by atoms with Gasteiger partial charge in [-0.25, -0.2) is 8.42 Å². The summed E-state index contributed by atoms with van der Waals surface area (Å²) in [6.45, 7) is 7.17. The van der Waals surface area contributed by atoms with E-state index in [2.05, 4.69) is 10.2 Å². The fourth-order valence-electron chi connectivity index (χ4n) is 3.43.